The van der Waals surface area contributed by atoms with Crippen molar-refractivity contribution in [3.63, 3.8) is 0 Å². The van der Waals surface area contributed by atoms with Gasteiger partial charge in [-0.3, -0.25) is 4.79 Å². The van der Waals surface area contributed by atoms with Crippen molar-refractivity contribution in [1.82, 2.24) is 10.5 Å². The van der Waals surface area contributed by atoms with Crippen LogP contribution in [0.25, 0.3) is 0 Å². The number of amides is 1. The van der Waals surface area contributed by atoms with E-state index in [-0.39, 0.29) is 5.91 Å². The van der Waals surface area contributed by atoms with Gasteiger partial charge in [0.1, 0.15) is 5.76 Å². The Morgan fingerprint density at radius 1 is 1.32 bits per heavy atom. The van der Waals surface area contributed by atoms with Crippen LogP contribution in [-0.2, 0) is 17.6 Å². The molecule has 0 aliphatic carbocycles. The summed E-state index contributed by atoms with van der Waals surface area (Å²) in [5.74, 6) is 0.829. The van der Waals surface area contributed by atoms with Gasteiger partial charge in [0.05, 0.1) is 12.1 Å². The first-order valence-corrected chi connectivity index (χ1v) is 6.38. The monoisotopic (exact) mass is 258 g/mol. The summed E-state index contributed by atoms with van der Waals surface area (Å²) in [6.07, 6.45) is 1.08. The van der Waals surface area contributed by atoms with Gasteiger partial charge in [-0.15, -0.1) is 0 Å². The summed E-state index contributed by atoms with van der Waals surface area (Å²) in [5.41, 5.74) is 3.07. The van der Waals surface area contributed by atoms with E-state index >= 15 is 0 Å². The average molecular weight is 258 g/mol. The van der Waals surface area contributed by atoms with E-state index in [4.69, 9.17) is 4.52 Å². The fraction of sp³-hybridized carbons (Fsp3) is 0.333. The second-order valence-electron chi connectivity index (χ2n) is 4.70. The first-order valence-electron chi connectivity index (χ1n) is 6.38. The van der Waals surface area contributed by atoms with Crippen molar-refractivity contribution in [1.29, 1.82) is 0 Å². The molecule has 0 atom stereocenters. The lowest BCUT2D eigenvalue weighted by molar-refractivity contribution is -0.120. The van der Waals surface area contributed by atoms with Gasteiger partial charge in [0, 0.05) is 19.0 Å². The lowest BCUT2D eigenvalue weighted by Crippen LogP contribution is -2.27. The van der Waals surface area contributed by atoms with E-state index < -0.39 is 0 Å². The molecule has 1 aromatic heterocycles. The van der Waals surface area contributed by atoms with Crippen molar-refractivity contribution in [3.05, 3.63) is 52.9 Å². The van der Waals surface area contributed by atoms with Crippen molar-refractivity contribution in [2.45, 2.75) is 26.7 Å². The zero-order valence-corrected chi connectivity index (χ0v) is 11.3. The maximum Gasteiger partial charge on any atom is 0.224 e. The number of carbonyl (C=O) groups is 1. The van der Waals surface area contributed by atoms with Crippen LogP contribution < -0.4 is 5.32 Å². The highest BCUT2D eigenvalue weighted by Gasteiger charge is 2.05. The third kappa shape index (κ3) is 4.25. The Labute approximate surface area is 112 Å². The Kier molecular flexibility index (Phi) is 4.34. The molecule has 1 aromatic carbocycles. The van der Waals surface area contributed by atoms with Gasteiger partial charge >= 0.3 is 0 Å². The molecular weight excluding hydrogens is 240 g/mol. The SMILES string of the molecule is Cc1cccc(CC(=O)NCCc2cc(C)no2)c1. The van der Waals surface area contributed by atoms with Crippen LogP contribution >= 0.6 is 0 Å². The third-order valence-corrected chi connectivity index (χ3v) is 2.82. The highest BCUT2D eigenvalue weighted by molar-refractivity contribution is 5.78. The Bertz CT molecular complexity index is 561. The third-order valence-electron chi connectivity index (χ3n) is 2.82. The van der Waals surface area contributed by atoms with E-state index in [2.05, 4.69) is 10.5 Å². The lowest BCUT2D eigenvalue weighted by atomic mass is 10.1. The molecule has 2 aromatic rings. The van der Waals surface area contributed by atoms with Gasteiger partial charge in [-0.25, -0.2) is 0 Å². The summed E-state index contributed by atoms with van der Waals surface area (Å²) in [5, 5.41) is 6.69. The van der Waals surface area contributed by atoms with E-state index in [0.29, 0.717) is 19.4 Å². The smallest absolute Gasteiger partial charge is 0.224 e. The normalized spacial score (nSPS) is 10.4. The number of hydrogen-bond donors (Lipinski definition) is 1. The first kappa shape index (κ1) is 13.3. The summed E-state index contributed by atoms with van der Waals surface area (Å²) < 4.78 is 5.08. The number of aromatic nitrogens is 1. The standard InChI is InChI=1S/C15H18N2O2/c1-11-4-3-5-13(8-11)10-15(18)16-7-6-14-9-12(2)17-19-14/h3-5,8-9H,6-7,10H2,1-2H3,(H,16,18). The summed E-state index contributed by atoms with van der Waals surface area (Å²) in [7, 11) is 0. The Morgan fingerprint density at radius 2 is 2.16 bits per heavy atom. The maximum atomic E-state index is 11.8. The van der Waals surface area contributed by atoms with E-state index in [0.717, 1.165) is 17.0 Å². The van der Waals surface area contributed by atoms with Gasteiger partial charge in [0.2, 0.25) is 5.91 Å². The fourth-order valence-electron chi connectivity index (χ4n) is 1.93. The summed E-state index contributed by atoms with van der Waals surface area (Å²) in [6, 6.07) is 9.86. The molecular formula is C15H18N2O2. The average Bonchev–Trinajstić information content (AvgIpc) is 2.75. The molecule has 0 spiro atoms. The Morgan fingerprint density at radius 3 is 2.84 bits per heavy atom. The largest absolute Gasteiger partial charge is 0.361 e. The topological polar surface area (TPSA) is 55.1 Å². The van der Waals surface area contributed by atoms with Crippen LogP contribution in [0.1, 0.15) is 22.6 Å². The second-order valence-corrected chi connectivity index (χ2v) is 4.70. The number of aryl methyl sites for hydroxylation is 2. The van der Waals surface area contributed by atoms with Gasteiger partial charge in [0.25, 0.3) is 0 Å². The molecule has 0 radical (unpaired) electrons. The minimum atomic E-state index is 0.0295. The van der Waals surface area contributed by atoms with Crippen LogP contribution in [0.2, 0.25) is 0 Å². The predicted molar refractivity (Wildman–Crippen MR) is 72.8 cm³/mol. The minimum Gasteiger partial charge on any atom is -0.361 e. The molecule has 19 heavy (non-hydrogen) atoms. The van der Waals surface area contributed by atoms with Crippen LogP contribution in [0.5, 0.6) is 0 Å². The first-order chi connectivity index (χ1) is 9.13. The fourth-order valence-corrected chi connectivity index (χ4v) is 1.93. The van der Waals surface area contributed by atoms with Crippen molar-refractivity contribution in [3.8, 4) is 0 Å². The molecule has 0 saturated heterocycles. The molecule has 4 nitrogen and oxygen atoms in total. The van der Waals surface area contributed by atoms with Gasteiger partial charge < -0.3 is 9.84 Å². The van der Waals surface area contributed by atoms with E-state index in [1.165, 1.54) is 5.56 Å². The molecule has 1 heterocycles. The van der Waals surface area contributed by atoms with Crippen LogP contribution in [-0.4, -0.2) is 17.6 Å². The predicted octanol–water partition coefficient (Wildman–Crippen LogP) is 2.19. The molecule has 100 valence electrons. The number of benzene rings is 1. The highest BCUT2D eigenvalue weighted by Crippen LogP contribution is 2.05. The molecule has 0 unspecified atom stereocenters. The zero-order chi connectivity index (χ0) is 13.7. The van der Waals surface area contributed by atoms with Crippen LogP contribution in [0, 0.1) is 13.8 Å². The van der Waals surface area contributed by atoms with Gasteiger partial charge in [0.15, 0.2) is 0 Å². The maximum absolute atomic E-state index is 11.8. The molecule has 0 bridgehead atoms. The van der Waals surface area contributed by atoms with Gasteiger partial charge in [-0.1, -0.05) is 35.0 Å². The Balaban J connectivity index is 1.76. The van der Waals surface area contributed by atoms with Gasteiger partial charge in [-0.05, 0) is 19.4 Å². The number of nitrogens with zero attached hydrogens (tertiary/aromatic N) is 1. The molecule has 0 saturated carbocycles. The lowest BCUT2D eigenvalue weighted by Gasteiger charge is -2.04. The van der Waals surface area contributed by atoms with E-state index in [1.54, 1.807) is 0 Å². The molecule has 1 N–H and O–H groups in total. The molecule has 4 heteroatoms. The van der Waals surface area contributed by atoms with E-state index in [1.807, 2.05) is 44.2 Å². The molecule has 0 fully saturated rings. The van der Waals surface area contributed by atoms with Crippen molar-refractivity contribution < 1.29 is 9.32 Å². The Hall–Kier alpha value is -2.10. The van der Waals surface area contributed by atoms with E-state index in [9.17, 15) is 4.79 Å². The summed E-state index contributed by atoms with van der Waals surface area (Å²) in [4.78, 5) is 11.8. The van der Waals surface area contributed by atoms with Crippen LogP contribution in [0.4, 0.5) is 0 Å². The number of nitrogens with one attached hydrogen (secondary N) is 1. The van der Waals surface area contributed by atoms with Crippen LogP contribution in [0.15, 0.2) is 34.9 Å². The summed E-state index contributed by atoms with van der Waals surface area (Å²) >= 11 is 0. The molecule has 1 amide bonds. The minimum absolute atomic E-state index is 0.0295. The molecule has 0 aliphatic rings. The van der Waals surface area contributed by atoms with Crippen molar-refractivity contribution in [2.75, 3.05) is 6.54 Å². The zero-order valence-electron chi connectivity index (χ0n) is 11.3. The number of carbonyl (C=O) groups excluding carboxylic acids is 1. The summed E-state index contributed by atoms with van der Waals surface area (Å²) in [6.45, 7) is 4.47. The number of rotatable bonds is 5. The van der Waals surface area contributed by atoms with Gasteiger partial charge in [-0.2, -0.15) is 0 Å². The number of hydrogen-bond acceptors (Lipinski definition) is 3. The second kappa shape index (κ2) is 6.18. The molecule has 0 aliphatic heterocycles. The van der Waals surface area contributed by atoms with Crippen molar-refractivity contribution in [2.24, 2.45) is 0 Å². The quantitative estimate of drug-likeness (QED) is 0.894. The van der Waals surface area contributed by atoms with Crippen molar-refractivity contribution >= 4 is 5.91 Å². The highest BCUT2D eigenvalue weighted by atomic mass is 16.5. The van der Waals surface area contributed by atoms with Crippen LogP contribution in [0.3, 0.4) is 0 Å². The molecule has 2 rings (SSSR count).